The number of carbonyl (C=O) groups is 1. The fraction of sp³-hybridized carbons (Fsp3) is 0.400. The van der Waals surface area contributed by atoms with Gasteiger partial charge in [-0.05, 0) is 28.1 Å². The van der Waals surface area contributed by atoms with Crippen LogP contribution >= 0.6 is 15.9 Å². The van der Waals surface area contributed by atoms with Crippen LogP contribution in [0.3, 0.4) is 0 Å². The summed E-state index contributed by atoms with van der Waals surface area (Å²) >= 11 is 3.27. The van der Waals surface area contributed by atoms with Crippen LogP contribution in [0.1, 0.15) is 10.5 Å². The van der Waals surface area contributed by atoms with Gasteiger partial charge in [0.2, 0.25) is 0 Å². The van der Waals surface area contributed by atoms with Crippen LogP contribution in [0, 0.1) is 0 Å². The molecule has 0 radical (unpaired) electrons. The molecule has 0 aliphatic rings. The highest BCUT2D eigenvalue weighted by atomic mass is 79.9. The van der Waals surface area contributed by atoms with E-state index in [0.717, 1.165) is 4.47 Å². The fourth-order valence-corrected chi connectivity index (χ4v) is 1.26. The Morgan fingerprint density at radius 2 is 2.33 bits per heavy atom. The molecule has 0 bridgehead atoms. The summed E-state index contributed by atoms with van der Waals surface area (Å²) in [6.45, 7) is 1.09. The standard InChI is InChI=1S/C10H13BrN2O2/c1-13(5-6-15-2)10(14)9-4-3-8(11)7-12-9/h3-4,7H,5-6H2,1-2H3. The number of ether oxygens (including phenoxy) is 1. The molecule has 0 aliphatic heterocycles. The highest BCUT2D eigenvalue weighted by molar-refractivity contribution is 9.10. The molecule has 1 aromatic heterocycles. The first-order valence-corrected chi connectivity index (χ1v) is 5.30. The number of nitrogens with zero attached hydrogens (tertiary/aromatic N) is 2. The van der Waals surface area contributed by atoms with Gasteiger partial charge in [0.15, 0.2) is 0 Å². The molecule has 0 N–H and O–H groups in total. The number of likely N-dealkylation sites (N-methyl/N-ethyl adjacent to an activating group) is 1. The highest BCUT2D eigenvalue weighted by Gasteiger charge is 2.11. The number of halogens is 1. The summed E-state index contributed by atoms with van der Waals surface area (Å²) < 4.78 is 5.76. The summed E-state index contributed by atoms with van der Waals surface area (Å²) in [4.78, 5) is 17.4. The molecule has 0 saturated heterocycles. The van der Waals surface area contributed by atoms with Gasteiger partial charge in [-0.15, -0.1) is 0 Å². The van der Waals surface area contributed by atoms with E-state index in [1.807, 2.05) is 0 Å². The minimum atomic E-state index is -0.0976. The predicted octanol–water partition coefficient (Wildman–Crippen LogP) is 1.56. The third-order valence-corrected chi connectivity index (χ3v) is 2.39. The molecule has 0 atom stereocenters. The van der Waals surface area contributed by atoms with Crippen molar-refractivity contribution in [2.24, 2.45) is 0 Å². The molecule has 0 unspecified atom stereocenters. The Hall–Kier alpha value is -0.940. The van der Waals surface area contributed by atoms with Gasteiger partial charge in [0.05, 0.1) is 6.61 Å². The van der Waals surface area contributed by atoms with Gasteiger partial charge in [-0.3, -0.25) is 4.79 Å². The second kappa shape index (κ2) is 5.82. The molecule has 1 heterocycles. The monoisotopic (exact) mass is 272 g/mol. The lowest BCUT2D eigenvalue weighted by atomic mass is 10.3. The minimum absolute atomic E-state index is 0.0976. The van der Waals surface area contributed by atoms with E-state index >= 15 is 0 Å². The van der Waals surface area contributed by atoms with Crippen molar-refractivity contribution in [1.82, 2.24) is 9.88 Å². The maximum Gasteiger partial charge on any atom is 0.272 e. The van der Waals surface area contributed by atoms with E-state index in [1.165, 1.54) is 0 Å². The van der Waals surface area contributed by atoms with Gasteiger partial charge in [0.1, 0.15) is 5.69 Å². The van der Waals surface area contributed by atoms with E-state index in [2.05, 4.69) is 20.9 Å². The quantitative estimate of drug-likeness (QED) is 0.836. The first kappa shape index (κ1) is 12.1. The van der Waals surface area contributed by atoms with Crippen LogP contribution in [0.2, 0.25) is 0 Å². The number of hydrogen-bond donors (Lipinski definition) is 0. The Morgan fingerprint density at radius 3 is 2.87 bits per heavy atom. The molecule has 0 saturated carbocycles. The number of aromatic nitrogens is 1. The van der Waals surface area contributed by atoms with Gasteiger partial charge in [0, 0.05) is 31.4 Å². The van der Waals surface area contributed by atoms with Gasteiger partial charge >= 0.3 is 0 Å². The summed E-state index contributed by atoms with van der Waals surface area (Å²) in [7, 11) is 3.33. The number of methoxy groups -OCH3 is 1. The lowest BCUT2D eigenvalue weighted by Crippen LogP contribution is -2.30. The van der Waals surface area contributed by atoms with E-state index in [-0.39, 0.29) is 5.91 Å². The van der Waals surface area contributed by atoms with Crippen LogP contribution in [0.5, 0.6) is 0 Å². The number of hydrogen-bond acceptors (Lipinski definition) is 3. The van der Waals surface area contributed by atoms with Crippen LogP contribution in [0.25, 0.3) is 0 Å². The maximum atomic E-state index is 11.8. The SMILES string of the molecule is COCCN(C)C(=O)c1ccc(Br)cn1. The van der Waals surface area contributed by atoms with Gasteiger partial charge in [-0.25, -0.2) is 4.98 Å². The van der Waals surface area contributed by atoms with Gasteiger partial charge in [-0.2, -0.15) is 0 Å². The molecule has 1 rings (SSSR count). The molecule has 1 aromatic rings. The van der Waals surface area contributed by atoms with Crippen LogP contribution < -0.4 is 0 Å². The molecular weight excluding hydrogens is 260 g/mol. The summed E-state index contributed by atoms with van der Waals surface area (Å²) in [5.74, 6) is -0.0976. The molecule has 4 nitrogen and oxygen atoms in total. The second-order valence-electron chi connectivity index (χ2n) is 3.08. The number of carbonyl (C=O) groups excluding carboxylic acids is 1. The smallest absolute Gasteiger partial charge is 0.272 e. The van der Waals surface area contributed by atoms with Crippen molar-refractivity contribution in [2.75, 3.05) is 27.3 Å². The Labute approximate surface area is 97.4 Å². The molecule has 0 fully saturated rings. The molecule has 15 heavy (non-hydrogen) atoms. The van der Waals surface area contributed by atoms with Gasteiger partial charge in [-0.1, -0.05) is 0 Å². The van der Waals surface area contributed by atoms with Crippen molar-refractivity contribution >= 4 is 21.8 Å². The van der Waals surface area contributed by atoms with Crippen molar-refractivity contribution in [3.05, 3.63) is 28.5 Å². The Bertz CT molecular complexity index is 327. The lowest BCUT2D eigenvalue weighted by molar-refractivity contribution is 0.0738. The highest BCUT2D eigenvalue weighted by Crippen LogP contribution is 2.08. The normalized spacial score (nSPS) is 10.1. The minimum Gasteiger partial charge on any atom is -0.383 e. The second-order valence-corrected chi connectivity index (χ2v) is 4.00. The molecule has 0 spiro atoms. The maximum absolute atomic E-state index is 11.8. The van der Waals surface area contributed by atoms with Crippen molar-refractivity contribution in [3.63, 3.8) is 0 Å². The molecule has 82 valence electrons. The molecule has 0 aliphatic carbocycles. The zero-order valence-corrected chi connectivity index (χ0v) is 10.3. The first-order chi connectivity index (χ1) is 7.15. The van der Waals surface area contributed by atoms with Crippen molar-refractivity contribution in [3.8, 4) is 0 Å². The third-order valence-electron chi connectivity index (χ3n) is 1.92. The average Bonchev–Trinajstić information content (AvgIpc) is 2.26. The van der Waals surface area contributed by atoms with E-state index < -0.39 is 0 Å². The zero-order chi connectivity index (χ0) is 11.3. The molecular formula is C10H13BrN2O2. The van der Waals surface area contributed by atoms with E-state index in [9.17, 15) is 4.79 Å². The molecule has 0 aromatic carbocycles. The first-order valence-electron chi connectivity index (χ1n) is 4.51. The number of rotatable bonds is 4. The Balaban J connectivity index is 2.63. The van der Waals surface area contributed by atoms with Crippen molar-refractivity contribution in [1.29, 1.82) is 0 Å². The van der Waals surface area contributed by atoms with Gasteiger partial charge in [0.25, 0.3) is 5.91 Å². The van der Waals surface area contributed by atoms with E-state index in [0.29, 0.717) is 18.8 Å². The predicted molar refractivity (Wildman–Crippen MR) is 60.8 cm³/mol. The average molecular weight is 273 g/mol. The topological polar surface area (TPSA) is 42.4 Å². The molecule has 1 amide bonds. The van der Waals surface area contributed by atoms with Crippen molar-refractivity contribution in [2.45, 2.75) is 0 Å². The summed E-state index contributed by atoms with van der Waals surface area (Å²) in [5.41, 5.74) is 0.441. The zero-order valence-electron chi connectivity index (χ0n) is 8.74. The largest absolute Gasteiger partial charge is 0.383 e. The number of pyridine rings is 1. The van der Waals surface area contributed by atoms with E-state index in [1.54, 1.807) is 37.4 Å². The van der Waals surface area contributed by atoms with Crippen LogP contribution in [-0.2, 0) is 4.74 Å². The van der Waals surface area contributed by atoms with Crippen LogP contribution in [-0.4, -0.2) is 43.1 Å². The number of amides is 1. The Kier molecular flexibility index (Phi) is 4.71. The van der Waals surface area contributed by atoms with Crippen molar-refractivity contribution < 1.29 is 9.53 Å². The van der Waals surface area contributed by atoms with E-state index in [4.69, 9.17) is 4.74 Å². The third kappa shape index (κ3) is 3.60. The van der Waals surface area contributed by atoms with Gasteiger partial charge < -0.3 is 9.64 Å². The van der Waals surface area contributed by atoms with Crippen LogP contribution in [0.15, 0.2) is 22.8 Å². The summed E-state index contributed by atoms with van der Waals surface area (Å²) in [5, 5.41) is 0. The van der Waals surface area contributed by atoms with Crippen LogP contribution in [0.4, 0.5) is 0 Å². The summed E-state index contributed by atoms with van der Waals surface area (Å²) in [6, 6.07) is 3.49. The fourth-order valence-electron chi connectivity index (χ4n) is 1.03. The summed E-state index contributed by atoms with van der Waals surface area (Å²) in [6.07, 6.45) is 1.61. The Morgan fingerprint density at radius 1 is 1.60 bits per heavy atom. The lowest BCUT2D eigenvalue weighted by Gasteiger charge is -2.15. The molecule has 5 heteroatoms.